The third kappa shape index (κ3) is 2.64. The van der Waals surface area contributed by atoms with Crippen molar-refractivity contribution < 1.29 is 0 Å². The average molecular weight is 254 g/mol. The molecule has 2 nitrogen and oxygen atoms in total. The van der Waals surface area contributed by atoms with Crippen molar-refractivity contribution in [3.63, 3.8) is 0 Å². The first-order valence-electron chi connectivity index (χ1n) is 7.09. The number of hydrogen-bond donors (Lipinski definition) is 1. The molecule has 0 radical (unpaired) electrons. The van der Waals surface area contributed by atoms with Crippen molar-refractivity contribution in [2.75, 3.05) is 5.75 Å². The first-order valence-corrected chi connectivity index (χ1v) is 8.07. The fraction of sp³-hybridized carbons (Fsp3) is 0.929. The predicted octanol–water partition coefficient (Wildman–Crippen LogP) is 3.67. The SMILES string of the molecule is CCC1(CC)CSC(=NC2CCC(C)C2C)N1. The van der Waals surface area contributed by atoms with Crippen LogP contribution in [0.5, 0.6) is 0 Å². The lowest BCUT2D eigenvalue weighted by atomic mass is 9.96. The molecule has 1 heterocycles. The van der Waals surface area contributed by atoms with E-state index in [-0.39, 0.29) is 0 Å². The van der Waals surface area contributed by atoms with Crippen LogP contribution in [0.25, 0.3) is 0 Å². The van der Waals surface area contributed by atoms with Crippen molar-refractivity contribution in [2.24, 2.45) is 16.8 Å². The van der Waals surface area contributed by atoms with E-state index in [0.29, 0.717) is 11.6 Å². The maximum Gasteiger partial charge on any atom is 0.157 e. The zero-order valence-electron chi connectivity index (χ0n) is 11.6. The number of rotatable bonds is 3. The van der Waals surface area contributed by atoms with Crippen molar-refractivity contribution in [3.8, 4) is 0 Å². The summed E-state index contributed by atoms with van der Waals surface area (Å²) in [6.07, 6.45) is 5.03. The number of thioether (sulfide) groups is 1. The van der Waals surface area contributed by atoms with Crippen molar-refractivity contribution >= 4 is 16.9 Å². The van der Waals surface area contributed by atoms with E-state index in [1.807, 2.05) is 11.8 Å². The van der Waals surface area contributed by atoms with Gasteiger partial charge in [-0.05, 0) is 37.5 Å². The van der Waals surface area contributed by atoms with Crippen LogP contribution < -0.4 is 5.32 Å². The highest BCUT2D eigenvalue weighted by molar-refractivity contribution is 8.14. The van der Waals surface area contributed by atoms with Crippen LogP contribution in [0, 0.1) is 11.8 Å². The van der Waals surface area contributed by atoms with Crippen LogP contribution in [-0.4, -0.2) is 22.5 Å². The highest BCUT2D eigenvalue weighted by Gasteiger charge is 2.36. The molecular formula is C14H26N2S. The normalized spacial score (nSPS) is 38.6. The van der Waals surface area contributed by atoms with E-state index in [2.05, 4.69) is 33.0 Å². The molecule has 0 amide bonds. The van der Waals surface area contributed by atoms with Crippen molar-refractivity contribution in [2.45, 2.75) is 65.0 Å². The molecule has 1 N–H and O–H groups in total. The molecule has 2 aliphatic rings. The fourth-order valence-electron chi connectivity index (χ4n) is 2.88. The van der Waals surface area contributed by atoms with Crippen LogP contribution in [0.1, 0.15) is 53.4 Å². The zero-order chi connectivity index (χ0) is 12.5. The fourth-order valence-corrected chi connectivity index (χ4v) is 4.27. The van der Waals surface area contributed by atoms with Crippen molar-refractivity contribution in [3.05, 3.63) is 0 Å². The molecule has 0 spiro atoms. The molecule has 1 aliphatic carbocycles. The summed E-state index contributed by atoms with van der Waals surface area (Å²) in [5, 5.41) is 4.89. The lowest BCUT2D eigenvalue weighted by Crippen LogP contribution is -2.42. The molecule has 0 aromatic carbocycles. The van der Waals surface area contributed by atoms with Gasteiger partial charge in [-0.3, -0.25) is 4.99 Å². The van der Waals surface area contributed by atoms with E-state index >= 15 is 0 Å². The molecule has 2 fully saturated rings. The van der Waals surface area contributed by atoms with Crippen molar-refractivity contribution in [1.29, 1.82) is 0 Å². The quantitative estimate of drug-likeness (QED) is 0.831. The van der Waals surface area contributed by atoms with Gasteiger partial charge in [0.25, 0.3) is 0 Å². The van der Waals surface area contributed by atoms with Gasteiger partial charge in [-0.2, -0.15) is 0 Å². The van der Waals surface area contributed by atoms with Crippen LogP contribution in [0.2, 0.25) is 0 Å². The maximum absolute atomic E-state index is 4.97. The second-order valence-electron chi connectivity index (χ2n) is 5.82. The van der Waals surface area contributed by atoms with Gasteiger partial charge in [-0.25, -0.2) is 0 Å². The summed E-state index contributed by atoms with van der Waals surface area (Å²) >= 11 is 1.93. The third-order valence-corrected chi connectivity index (χ3v) is 6.09. The minimum atomic E-state index is 0.316. The summed E-state index contributed by atoms with van der Waals surface area (Å²) in [7, 11) is 0. The highest BCUT2D eigenvalue weighted by Crippen LogP contribution is 2.35. The van der Waals surface area contributed by atoms with E-state index in [1.54, 1.807) is 0 Å². The van der Waals surface area contributed by atoms with Gasteiger partial charge in [0, 0.05) is 11.3 Å². The number of amidine groups is 1. The lowest BCUT2D eigenvalue weighted by Gasteiger charge is -2.25. The number of nitrogens with one attached hydrogen (secondary N) is 1. The van der Waals surface area contributed by atoms with Crippen LogP contribution in [0.4, 0.5) is 0 Å². The second kappa shape index (κ2) is 5.21. The number of aliphatic imine (C=N–C) groups is 1. The van der Waals surface area contributed by atoms with E-state index in [4.69, 9.17) is 4.99 Å². The van der Waals surface area contributed by atoms with E-state index in [9.17, 15) is 0 Å². The Morgan fingerprint density at radius 2 is 2.00 bits per heavy atom. The highest BCUT2D eigenvalue weighted by atomic mass is 32.2. The Kier molecular flexibility index (Phi) is 4.06. The smallest absolute Gasteiger partial charge is 0.157 e. The summed E-state index contributed by atoms with van der Waals surface area (Å²) in [6, 6.07) is 0.560. The monoisotopic (exact) mass is 254 g/mol. The number of nitrogens with zero attached hydrogens (tertiary/aromatic N) is 1. The van der Waals surface area contributed by atoms with Gasteiger partial charge in [-0.15, -0.1) is 0 Å². The zero-order valence-corrected chi connectivity index (χ0v) is 12.4. The van der Waals surface area contributed by atoms with Gasteiger partial charge >= 0.3 is 0 Å². The second-order valence-corrected chi connectivity index (χ2v) is 6.78. The van der Waals surface area contributed by atoms with E-state index < -0.39 is 0 Å². The van der Waals surface area contributed by atoms with E-state index in [1.165, 1.54) is 36.6 Å². The maximum atomic E-state index is 4.97. The summed E-state index contributed by atoms with van der Waals surface area (Å²) in [5.74, 6) is 2.79. The molecule has 3 heteroatoms. The van der Waals surface area contributed by atoms with Gasteiger partial charge < -0.3 is 5.32 Å². The van der Waals surface area contributed by atoms with Crippen LogP contribution in [-0.2, 0) is 0 Å². The Morgan fingerprint density at radius 3 is 2.47 bits per heavy atom. The van der Waals surface area contributed by atoms with Gasteiger partial charge in [0.05, 0.1) is 6.04 Å². The minimum Gasteiger partial charge on any atom is -0.359 e. The summed E-state index contributed by atoms with van der Waals surface area (Å²) < 4.78 is 0. The summed E-state index contributed by atoms with van der Waals surface area (Å²) in [5.41, 5.74) is 0.316. The van der Waals surface area contributed by atoms with Gasteiger partial charge in [-0.1, -0.05) is 39.5 Å². The Morgan fingerprint density at radius 1 is 1.29 bits per heavy atom. The molecule has 98 valence electrons. The molecule has 0 aromatic rings. The summed E-state index contributed by atoms with van der Waals surface area (Å²) in [6.45, 7) is 9.28. The van der Waals surface area contributed by atoms with Crippen LogP contribution >= 0.6 is 11.8 Å². The minimum absolute atomic E-state index is 0.316. The molecule has 2 rings (SSSR count). The predicted molar refractivity (Wildman–Crippen MR) is 77.7 cm³/mol. The van der Waals surface area contributed by atoms with Crippen LogP contribution in [0.3, 0.4) is 0 Å². The standard InChI is InChI=1S/C14H26N2S/c1-5-14(6-2)9-17-13(16-14)15-12-8-7-10(3)11(12)4/h10-12H,5-9H2,1-4H3,(H,15,16). The molecule has 0 aromatic heterocycles. The van der Waals surface area contributed by atoms with Gasteiger partial charge in [0.1, 0.15) is 0 Å². The Hall–Kier alpha value is -0.180. The Bertz CT molecular complexity index is 297. The van der Waals surface area contributed by atoms with Gasteiger partial charge in [0.15, 0.2) is 5.17 Å². The first-order chi connectivity index (χ1) is 8.10. The van der Waals surface area contributed by atoms with E-state index in [0.717, 1.165) is 11.8 Å². The Labute approximate surface area is 110 Å². The molecule has 1 saturated carbocycles. The average Bonchev–Trinajstić information content (AvgIpc) is 2.89. The molecule has 3 atom stereocenters. The largest absolute Gasteiger partial charge is 0.359 e. The molecule has 17 heavy (non-hydrogen) atoms. The molecular weight excluding hydrogens is 228 g/mol. The summed E-state index contributed by atoms with van der Waals surface area (Å²) in [4.78, 5) is 4.97. The molecule has 3 unspecified atom stereocenters. The van der Waals surface area contributed by atoms with Crippen LogP contribution in [0.15, 0.2) is 4.99 Å². The molecule has 0 bridgehead atoms. The Balaban J connectivity index is 2.01. The van der Waals surface area contributed by atoms with Gasteiger partial charge in [0.2, 0.25) is 0 Å². The lowest BCUT2D eigenvalue weighted by molar-refractivity contribution is 0.402. The third-order valence-electron chi connectivity index (χ3n) is 4.92. The molecule has 1 aliphatic heterocycles. The van der Waals surface area contributed by atoms with Crippen molar-refractivity contribution in [1.82, 2.24) is 5.32 Å². The number of hydrogen-bond acceptors (Lipinski definition) is 2. The first kappa shape index (κ1) is 13.3. The topological polar surface area (TPSA) is 24.4 Å². The molecule has 1 saturated heterocycles.